The van der Waals surface area contributed by atoms with Crippen LogP contribution in [0, 0.1) is 0 Å². The zero-order valence-corrected chi connectivity index (χ0v) is 13.3. The number of ketones is 1. The fourth-order valence-corrected chi connectivity index (χ4v) is 2.29. The maximum atomic E-state index is 12.1. The molecule has 0 bridgehead atoms. The van der Waals surface area contributed by atoms with Crippen molar-refractivity contribution in [2.75, 3.05) is 6.54 Å². The molecule has 4 nitrogen and oxygen atoms in total. The first-order valence-corrected chi connectivity index (χ1v) is 7.79. The second-order valence-corrected chi connectivity index (χ2v) is 5.49. The lowest BCUT2D eigenvalue weighted by molar-refractivity contribution is -0.122. The number of nitrogens with one attached hydrogen (secondary N) is 1. The van der Waals surface area contributed by atoms with E-state index in [2.05, 4.69) is 12.2 Å². The van der Waals surface area contributed by atoms with Crippen molar-refractivity contribution < 1.29 is 9.59 Å². The van der Waals surface area contributed by atoms with Gasteiger partial charge in [-0.1, -0.05) is 61.5 Å². The van der Waals surface area contributed by atoms with Gasteiger partial charge in [0.1, 0.15) is 0 Å². The third kappa shape index (κ3) is 5.04. The number of nitrogens with two attached hydrogens (primary N) is 1. The van der Waals surface area contributed by atoms with Crippen molar-refractivity contribution >= 4 is 11.7 Å². The van der Waals surface area contributed by atoms with Gasteiger partial charge in [-0.3, -0.25) is 9.59 Å². The largest absolute Gasteiger partial charge is 0.347 e. The maximum Gasteiger partial charge on any atom is 0.237 e. The van der Waals surface area contributed by atoms with E-state index in [-0.39, 0.29) is 18.2 Å². The van der Waals surface area contributed by atoms with Gasteiger partial charge in [0.25, 0.3) is 0 Å². The van der Waals surface area contributed by atoms with Crippen LogP contribution in [0.15, 0.2) is 54.6 Å². The van der Waals surface area contributed by atoms with Crippen LogP contribution in [0.1, 0.15) is 28.4 Å². The highest BCUT2D eigenvalue weighted by atomic mass is 16.2. The molecule has 23 heavy (non-hydrogen) atoms. The summed E-state index contributed by atoms with van der Waals surface area (Å²) in [4.78, 5) is 24.1. The molecule has 2 aromatic rings. The smallest absolute Gasteiger partial charge is 0.237 e. The number of Topliss-reactive ketones (excluding diaryl/α,β-unsaturated/α-hetero) is 1. The standard InChI is InChI=1S/C19H22N2O2/c1-2-14-8-10-16(11-9-14)18(22)13-21-19(23)17(20)12-15-6-4-3-5-7-15/h3-11,17H,2,12-13,20H2,1H3,(H,21,23)/t17-/m0/s1. The molecular weight excluding hydrogens is 288 g/mol. The molecule has 0 aliphatic heterocycles. The number of amides is 1. The average molecular weight is 310 g/mol. The number of hydrogen-bond donors (Lipinski definition) is 2. The molecule has 0 aromatic heterocycles. The Morgan fingerprint density at radius 3 is 2.26 bits per heavy atom. The van der Waals surface area contributed by atoms with E-state index in [1.807, 2.05) is 42.5 Å². The molecule has 0 saturated carbocycles. The molecule has 0 heterocycles. The van der Waals surface area contributed by atoms with Crippen molar-refractivity contribution in [2.45, 2.75) is 25.8 Å². The van der Waals surface area contributed by atoms with Crippen molar-refractivity contribution in [1.82, 2.24) is 5.32 Å². The fraction of sp³-hybridized carbons (Fsp3) is 0.263. The van der Waals surface area contributed by atoms with Gasteiger partial charge in [0, 0.05) is 5.56 Å². The molecule has 0 unspecified atom stereocenters. The van der Waals surface area contributed by atoms with Crippen LogP contribution in [0.2, 0.25) is 0 Å². The first-order chi connectivity index (χ1) is 11.1. The van der Waals surface area contributed by atoms with Crippen LogP contribution in [-0.2, 0) is 17.6 Å². The van der Waals surface area contributed by atoms with Gasteiger partial charge in [-0.15, -0.1) is 0 Å². The second kappa shape index (κ2) is 8.25. The molecule has 120 valence electrons. The Balaban J connectivity index is 1.84. The summed E-state index contributed by atoms with van der Waals surface area (Å²) in [5.41, 5.74) is 8.66. The van der Waals surface area contributed by atoms with Gasteiger partial charge < -0.3 is 11.1 Å². The summed E-state index contributed by atoms with van der Waals surface area (Å²) in [7, 11) is 0. The number of rotatable bonds is 7. The molecule has 0 aliphatic carbocycles. The SMILES string of the molecule is CCc1ccc(C(=O)CNC(=O)[C@@H](N)Cc2ccccc2)cc1. The van der Waals surface area contributed by atoms with Crippen molar-refractivity contribution in [3.05, 3.63) is 71.3 Å². The minimum atomic E-state index is -0.660. The van der Waals surface area contributed by atoms with E-state index in [0.717, 1.165) is 12.0 Å². The lowest BCUT2D eigenvalue weighted by atomic mass is 10.1. The Hall–Kier alpha value is -2.46. The van der Waals surface area contributed by atoms with E-state index in [1.165, 1.54) is 5.56 Å². The summed E-state index contributed by atoms with van der Waals surface area (Å²) < 4.78 is 0. The molecule has 3 N–H and O–H groups in total. The van der Waals surface area contributed by atoms with Crippen molar-refractivity contribution in [1.29, 1.82) is 0 Å². The lowest BCUT2D eigenvalue weighted by Gasteiger charge is -2.12. The van der Waals surface area contributed by atoms with Gasteiger partial charge >= 0.3 is 0 Å². The zero-order valence-electron chi connectivity index (χ0n) is 13.3. The molecule has 1 amide bonds. The second-order valence-electron chi connectivity index (χ2n) is 5.49. The van der Waals surface area contributed by atoms with Crippen LogP contribution in [0.25, 0.3) is 0 Å². The van der Waals surface area contributed by atoms with E-state index in [4.69, 9.17) is 5.73 Å². The highest BCUT2D eigenvalue weighted by Crippen LogP contribution is 2.06. The highest BCUT2D eigenvalue weighted by molar-refractivity contribution is 5.99. The Labute approximate surface area is 136 Å². The first-order valence-electron chi connectivity index (χ1n) is 7.79. The summed E-state index contributed by atoms with van der Waals surface area (Å²) in [5.74, 6) is -0.430. The summed E-state index contributed by atoms with van der Waals surface area (Å²) in [6.45, 7) is 2.03. The number of benzene rings is 2. The number of hydrogen-bond acceptors (Lipinski definition) is 3. The first kappa shape index (κ1) is 16.9. The predicted molar refractivity (Wildman–Crippen MR) is 91.3 cm³/mol. The van der Waals surface area contributed by atoms with Gasteiger partial charge in [0.2, 0.25) is 5.91 Å². The highest BCUT2D eigenvalue weighted by Gasteiger charge is 2.15. The van der Waals surface area contributed by atoms with Crippen LogP contribution in [0.5, 0.6) is 0 Å². The third-order valence-corrected chi connectivity index (χ3v) is 3.74. The van der Waals surface area contributed by atoms with E-state index in [0.29, 0.717) is 12.0 Å². The van der Waals surface area contributed by atoms with Crippen molar-refractivity contribution in [3.63, 3.8) is 0 Å². The normalized spacial score (nSPS) is 11.7. The lowest BCUT2D eigenvalue weighted by Crippen LogP contribution is -2.43. The molecule has 0 radical (unpaired) electrons. The van der Waals surface area contributed by atoms with E-state index >= 15 is 0 Å². The molecule has 0 aliphatic rings. The Morgan fingerprint density at radius 2 is 1.65 bits per heavy atom. The summed E-state index contributed by atoms with van der Waals surface area (Å²) >= 11 is 0. The van der Waals surface area contributed by atoms with Gasteiger partial charge in [-0.05, 0) is 24.0 Å². The quantitative estimate of drug-likeness (QED) is 0.769. The summed E-state index contributed by atoms with van der Waals surface area (Å²) in [5, 5.41) is 2.62. The topological polar surface area (TPSA) is 72.2 Å². The van der Waals surface area contributed by atoms with Gasteiger partial charge in [0.15, 0.2) is 5.78 Å². The third-order valence-electron chi connectivity index (χ3n) is 3.74. The monoisotopic (exact) mass is 310 g/mol. The minimum absolute atomic E-state index is 0.0349. The average Bonchev–Trinajstić information content (AvgIpc) is 2.60. The summed E-state index contributed by atoms with van der Waals surface area (Å²) in [6.07, 6.45) is 1.38. The zero-order chi connectivity index (χ0) is 16.7. The number of carbonyl (C=O) groups is 2. The fourth-order valence-electron chi connectivity index (χ4n) is 2.29. The maximum absolute atomic E-state index is 12.1. The van der Waals surface area contributed by atoms with Crippen LogP contribution in [0.4, 0.5) is 0 Å². The molecule has 2 rings (SSSR count). The predicted octanol–water partition coefficient (Wildman–Crippen LogP) is 2.12. The number of aryl methyl sites for hydroxylation is 1. The molecule has 0 fully saturated rings. The van der Waals surface area contributed by atoms with E-state index < -0.39 is 6.04 Å². The van der Waals surface area contributed by atoms with Crippen molar-refractivity contribution in [2.24, 2.45) is 5.73 Å². The molecule has 2 aromatic carbocycles. The Morgan fingerprint density at radius 1 is 1.00 bits per heavy atom. The molecule has 4 heteroatoms. The Kier molecular flexibility index (Phi) is 6.06. The van der Waals surface area contributed by atoms with Gasteiger partial charge in [-0.2, -0.15) is 0 Å². The summed E-state index contributed by atoms with van der Waals surface area (Å²) in [6, 6.07) is 16.3. The van der Waals surface area contributed by atoms with E-state index in [9.17, 15) is 9.59 Å². The van der Waals surface area contributed by atoms with Crippen LogP contribution in [-0.4, -0.2) is 24.3 Å². The van der Waals surface area contributed by atoms with Crippen molar-refractivity contribution in [3.8, 4) is 0 Å². The molecule has 0 saturated heterocycles. The Bertz CT molecular complexity index is 651. The van der Waals surface area contributed by atoms with Gasteiger partial charge in [0.05, 0.1) is 12.6 Å². The van der Waals surface area contributed by atoms with Crippen LogP contribution in [0.3, 0.4) is 0 Å². The number of carbonyl (C=O) groups excluding carboxylic acids is 2. The van der Waals surface area contributed by atoms with Crippen LogP contribution >= 0.6 is 0 Å². The molecule has 0 spiro atoms. The van der Waals surface area contributed by atoms with E-state index in [1.54, 1.807) is 12.1 Å². The van der Waals surface area contributed by atoms with Crippen LogP contribution < -0.4 is 11.1 Å². The molecule has 1 atom stereocenters. The van der Waals surface area contributed by atoms with Gasteiger partial charge in [-0.25, -0.2) is 0 Å². The molecular formula is C19H22N2O2. The minimum Gasteiger partial charge on any atom is -0.347 e.